The van der Waals surface area contributed by atoms with E-state index >= 15 is 0 Å². The van der Waals surface area contributed by atoms with Crippen LogP contribution in [-0.2, 0) is 10.2 Å². The SMILES string of the molecule is COC(=O)c1ccc([C@H]2C(C#N)=C(N)Oc3n[nH]c(C(C)(C)C)c32)cc1. The molecule has 7 heteroatoms. The van der Waals surface area contributed by atoms with Crippen LogP contribution in [0.15, 0.2) is 35.7 Å². The Kier molecular flexibility index (Phi) is 4.20. The van der Waals surface area contributed by atoms with Crippen molar-refractivity contribution < 1.29 is 14.3 Å². The minimum atomic E-state index is -0.427. The number of H-pyrrole nitrogens is 1. The summed E-state index contributed by atoms with van der Waals surface area (Å²) < 4.78 is 10.3. The number of aromatic amines is 1. The van der Waals surface area contributed by atoms with E-state index in [2.05, 4.69) is 16.3 Å². The van der Waals surface area contributed by atoms with E-state index in [1.54, 1.807) is 24.3 Å². The normalized spacial score (nSPS) is 16.5. The summed E-state index contributed by atoms with van der Waals surface area (Å²) in [6, 6.07) is 9.06. The predicted molar refractivity (Wildman–Crippen MR) is 94.4 cm³/mol. The molecule has 1 aromatic carbocycles. The largest absolute Gasteiger partial charge is 0.465 e. The molecule has 2 heterocycles. The monoisotopic (exact) mass is 352 g/mol. The Morgan fingerprint density at radius 3 is 2.54 bits per heavy atom. The summed E-state index contributed by atoms with van der Waals surface area (Å²) in [5, 5.41) is 16.9. The Bertz CT molecular complexity index is 927. The predicted octanol–water partition coefficient (Wildman–Crippen LogP) is 2.71. The third kappa shape index (κ3) is 2.80. The quantitative estimate of drug-likeness (QED) is 0.803. The molecule has 2 aromatic rings. The third-order valence-corrected chi connectivity index (χ3v) is 4.35. The van der Waals surface area contributed by atoms with Crippen LogP contribution in [0.1, 0.15) is 53.9 Å². The van der Waals surface area contributed by atoms with Crippen molar-refractivity contribution >= 4 is 5.97 Å². The number of carbonyl (C=O) groups excluding carboxylic acids is 1. The molecule has 0 amide bonds. The third-order valence-electron chi connectivity index (χ3n) is 4.35. The summed E-state index contributed by atoms with van der Waals surface area (Å²) in [5.74, 6) is -0.440. The highest BCUT2D eigenvalue weighted by atomic mass is 16.5. The first-order chi connectivity index (χ1) is 12.3. The van der Waals surface area contributed by atoms with E-state index in [1.807, 2.05) is 20.8 Å². The van der Waals surface area contributed by atoms with Gasteiger partial charge in [0, 0.05) is 11.1 Å². The zero-order chi connectivity index (χ0) is 19.1. The molecule has 1 atom stereocenters. The van der Waals surface area contributed by atoms with E-state index in [0.29, 0.717) is 17.0 Å². The molecule has 1 aromatic heterocycles. The lowest BCUT2D eigenvalue weighted by Gasteiger charge is -2.27. The Labute approximate surface area is 151 Å². The number of aromatic nitrogens is 2. The first kappa shape index (κ1) is 17.5. The average Bonchev–Trinajstić information content (AvgIpc) is 3.03. The van der Waals surface area contributed by atoms with Gasteiger partial charge in [0.15, 0.2) is 0 Å². The first-order valence-electron chi connectivity index (χ1n) is 8.12. The summed E-state index contributed by atoms with van der Waals surface area (Å²) in [5.41, 5.74) is 8.94. The Hall–Kier alpha value is -3.27. The summed E-state index contributed by atoms with van der Waals surface area (Å²) in [7, 11) is 1.33. The van der Waals surface area contributed by atoms with Crippen LogP contribution in [0.4, 0.5) is 0 Å². The van der Waals surface area contributed by atoms with Crippen LogP contribution in [0.25, 0.3) is 0 Å². The van der Waals surface area contributed by atoms with Gasteiger partial charge in [0.1, 0.15) is 11.6 Å². The van der Waals surface area contributed by atoms with Gasteiger partial charge < -0.3 is 15.2 Å². The second-order valence-corrected chi connectivity index (χ2v) is 7.11. The number of ether oxygens (including phenoxy) is 2. The number of fused-ring (bicyclic) bond motifs is 1. The second kappa shape index (κ2) is 6.23. The first-order valence-corrected chi connectivity index (χ1v) is 8.12. The maximum absolute atomic E-state index is 11.7. The molecule has 0 aliphatic carbocycles. The fourth-order valence-electron chi connectivity index (χ4n) is 3.08. The average molecular weight is 352 g/mol. The number of hydrogen-bond acceptors (Lipinski definition) is 6. The molecule has 0 saturated heterocycles. The Balaban J connectivity index is 2.18. The lowest BCUT2D eigenvalue weighted by molar-refractivity contribution is 0.0600. The van der Waals surface area contributed by atoms with Crippen LogP contribution < -0.4 is 10.5 Å². The van der Waals surface area contributed by atoms with Crippen LogP contribution in [0.5, 0.6) is 5.88 Å². The standard InChI is InChI=1S/C19H20N4O3/c1-19(2,3)15-14-13(10-5-7-11(8-6-10)18(24)25-4)12(9-20)16(21)26-17(14)23-22-15/h5-8,13H,21H2,1-4H3,(H,22,23)/t13-/m0/s1. The van der Waals surface area contributed by atoms with Crippen LogP contribution in [0, 0.1) is 11.3 Å². The molecule has 1 aliphatic rings. The number of hydrogen-bond donors (Lipinski definition) is 2. The molecular weight excluding hydrogens is 332 g/mol. The van der Waals surface area contributed by atoms with Gasteiger partial charge in [-0.3, -0.25) is 5.10 Å². The van der Waals surface area contributed by atoms with E-state index < -0.39 is 11.9 Å². The molecular formula is C19H20N4O3. The molecule has 3 rings (SSSR count). The van der Waals surface area contributed by atoms with Crippen LogP contribution in [0.3, 0.4) is 0 Å². The number of nitriles is 1. The van der Waals surface area contributed by atoms with Gasteiger partial charge in [-0.2, -0.15) is 5.26 Å². The molecule has 7 nitrogen and oxygen atoms in total. The van der Waals surface area contributed by atoms with E-state index in [0.717, 1.165) is 16.8 Å². The van der Waals surface area contributed by atoms with Crippen LogP contribution >= 0.6 is 0 Å². The van der Waals surface area contributed by atoms with Crippen molar-refractivity contribution in [2.24, 2.45) is 5.73 Å². The molecule has 0 bridgehead atoms. The smallest absolute Gasteiger partial charge is 0.337 e. The number of benzene rings is 1. The zero-order valence-corrected chi connectivity index (χ0v) is 15.1. The van der Waals surface area contributed by atoms with Gasteiger partial charge in [-0.25, -0.2) is 4.79 Å². The van der Waals surface area contributed by atoms with E-state index in [4.69, 9.17) is 15.2 Å². The van der Waals surface area contributed by atoms with Gasteiger partial charge in [-0.15, -0.1) is 5.10 Å². The minimum Gasteiger partial charge on any atom is -0.465 e. The Morgan fingerprint density at radius 1 is 1.35 bits per heavy atom. The highest BCUT2D eigenvalue weighted by Crippen LogP contribution is 2.45. The number of nitrogens with one attached hydrogen (secondary N) is 1. The molecule has 0 radical (unpaired) electrons. The molecule has 3 N–H and O–H groups in total. The maximum atomic E-state index is 11.7. The van der Waals surface area contributed by atoms with E-state index in [1.165, 1.54) is 7.11 Å². The van der Waals surface area contributed by atoms with Gasteiger partial charge in [0.25, 0.3) is 0 Å². The minimum absolute atomic E-state index is 0.0361. The molecule has 1 aliphatic heterocycles. The fraction of sp³-hybridized carbons (Fsp3) is 0.316. The molecule has 0 unspecified atom stereocenters. The van der Waals surface area contributed by atoms with Gasteiger partial charge >= 0.3 is 5.97 Å². The summed E-state index contributed by atoms with van der Waals surface area (Å²) in [6.07, 6.45) is 0. The number of carbonyl (C=O) groups is 1. The number of nitrogens with zero attached hydrogens (tertiary/aromatic N) is 2. The second-order valence-electron chi connectivity index (χ2n) is 7.11. The van der Waals surface area contributed by atoms with E-state index in [9.17, 15) is 10.1 Å². The lowest BCUT2D eigenvalue weighted by atomic mass is 9.78. The van der Waals surface area contributed by atoms with Crippen molar-refractivity contribution in [1.82, 2.24) is 10.2 Å². The number of allylic oxidation sites excluding steroid dienone is 1. The van der Waals surface area contributed by atoms with Gasteiger partial charge in [-0.05, 0) is 17.7 Å². The van der Waals surface area contributed by atoms with Crippen molar-refractivity contribution in [3.05, 3.63) is 58.1 Å². The molecule has 134 valence electrons. The fourth-order valence-corrected chi connectivity index (χ4v) is 3.08. The van der Waals surface area contributed by atoms with Gasteiger partial charge in [0.2, 0.25) is 11.8 Å². The maximum Gasteiger partial charge on any atom is 0.337 e. The topological polar surface area (TPSA) is 114 Å². The van der Waals surface area contributed by atoms with Crippen LogP contribution in [-0.4, -0.2) is 23.3 Å². The summed E-state index contributed by atoms with van der Waals surface area (Å²) in [4.78, 5) is 11.7. The van der Waals surface area contributed by atoms with Crippen molar-refractivity contribution in [3.8, 4) is 11.9 Å². The Morgan fingerprint density at radius 2 is 2.00 bits per heavy atom. The van der Waals surface area contributed by atoms with E-state index in [-0.39, 0.29) is 11.3 Å². The highest BCUT2D eigenvalue weighted by Gasteiger charge is 2.37. The molecule has 0 fully saturated rings. The molecule has 0 saturated carbocycles. The number of rotatable bonds is 2. The van der Waals surface area contributed by atoms with Crippen molar-refractivity contribution in [3.63, 3.8) is 0 Å². The molecule has 0 spiro atoms. The van der Waals surface area contributed by atoms with Gasteiger partial charge in [0.05, 0.1) is 24.2 Å². The number of nitrogens with two attached hydrogens (primary N) is 1. The lowest BCUT2D eigenvalue weighted by Crippen LogP contribution is -2.24. The van der Waals surface area contributed by atoms with Crippen molar-refractivity contribution in [2.75, 3.05) is 7.11 Å². The van der Waals surface area contributed by atoms with Crippen molar-refractivity contribution in [1.29, 1.82) is 5.26 Å². The van der Waals surface area contributed by atoms with Crippen molar-refractivity contribution in [2.45, 2.75) is 32.1 Å². The number of esters is 1. The summed E-state index contributed by atoms with van der Waals surface area (Å²) in [6.45, 7) is 6.14. The number of methoxy groups -OCH3 is 1. The van der Waals surface area contributed by atoms with Gasteiger partial charge in [-0.1, -0.05) is 32.9 Å². The highest BCUT2D eigenvalue weighted by molar-refractivity contribution is 5.89. The summed E-state index contributed by atoms with van der Waals surface area (Å²) >= 11 is 0. The molecule has 26 heavy (non-hydrogen) atoms. The van der Waals surface area contributed by atoms with Crippen LogP contribution in [0.2, 0.25) is 0 Å². The zero-order valence-electron chi connectivity index (χ0n) is 15.1.